The van der Waals surface area contributed by atoms with Crippen LogP contribution in [0.3, 0.4) is 0 Å². The summed E-state index contributed by atoms with van der Waals surface area (Å²) in [6.07, 6.45) is 11.3. The SMILES string of the molecule is CCc1cnc(N2CCC3(CCc4cc(N5CCN(SC)CC5)ccc4O3)CC2)nc1. The third kappa shape index (κ3) is 4.35. The van der Waals surface area contributed by atoms with Gasteiger partial charge in [-0.15, -0.1) is 0 Å². The Balaban J connectivity index is 1.22. The molecule has 0 atom stereocenters. The third-order valence-corrected chi connectivity index (χ3v) is 8.02. The second kappa shape index (κ2) is 8.87. The van der Waals surface area contributed by atoms with Crippen molar-refractivity contribution in [1.82, 2.24) is 14.3 Å². The van der Waals surface area contributed by atoms with Gasteiger partial charge >= 0.3 is 0 Å². The Bertz CT molecular complexity index is 889. The molecule has 2 fully saturated rings. The highest BCUT2D eigenvalue weighted by Crippen LogP contribution is 2.41. The van der Waals surface area contributed by atoms with E-state index in [1.54, 1.807) is 0 Å². The van der Waals surface area contributed by atoms with E-state index < -0.39 is 0 Å². The number of hydrogen-bond donors (Lipinski definition) is 0. The van der Waals surface area contributed by atoms with Gasteiger partial charge in [-0.3, -0.25) is 0 Å². The molecule has 4 heterocycles. The first kappa shape index (κ1) is 20.9. The molecule has 7 heteroatoms. The predicted octanol–water partition coefficient (Wildman–Crippen LogP) is 3.80. The van der Waals surface area contributed by atoms with Gasteiger partial charge in [0.1, 0.15) is 11.4 Å². The highest BCUT2D eigenvalue weighted by molar-refractivity contribution is 7.96. The molecule has 0 amide bonds. The number of benzene rings is 1. The summed E-state index contributed by atoms with van der Waals surface area (Å²) in [6.45, 7) is 8.49. The molecule has 0 N–H and O–H groups in total. The van der Waals surface area contributed by atoms with E-state index in [1.807, 2.05) is 24.3 Å². The zero-order chi connectivity index (χ0) is 21.3. The summed E-state index contributed by atoms with van der Waals surface area (Å²) in [6, 6.07) is 6.84. The predicted molar refractivity (Wildman–Crippen MR) is 128 cm³/mol. The zero-order valence-corrected chi connectivity index (χ0v) is 19.5. The van der Waals surface area contributed by atoms with Crippen molar-refractivity contribution in [3.8, 4) is 5.75 Å². The zero-order valence-electron chi connectivity index (χ0n) is 18.7. The maximum Gasteiger partial charge on any atom is 0.225 e. The van der Waals surface area contributed by atoms with Crippen molar-refractivity contribution in [2.75, 3.05) is 55.3 Å². The van der Waals surface area contributed by atoms with Crippen molar-refractivity contribution in [3.63, 3.8) is 0 Å². The minimum absolute atomic E-state index is 0.0294. The van der Waals surface area contributed by atoms with Gasteiger partial charge in [0.05, 0.1) is 0 Å². The van der Waals surface area contributed by atoms with Gasteiger partial charge in [-0.05, 0) is 54.8 Å². The van der Waals surface area contributed by atoms with Crippen LogP contribution in [0.25, 0.3) is 0 Å². The fraction of sp³-hybridized carbons (Fsp3) is 0.583. The highest BCUT2D eigenvalue weighted by atomic mass is 32.2. The molecule has 6 nitrogen and oxygen atoms in total. The van der Waals surface area contributed by atoms with Crippen LogP contribution in [0.1, 0.15) is 37.3 Å². The van der Waals surface area contributed by atoms with E-state index in [0.717, 1.165) is 83.1 Å². The Labute approximate surface area is 190 Å². The van der Waals surface area contributed by atoms with Gasteiger partial charge in [0.25, 0.3) is 0 Å². The first-order valence-corrected chi connectivity index (χ1v) is 12.8. The lowest BCUT2D eigenvalue weighted by atomic mass is 9.83. The molecule has 0 aliphatic carbocycles. The highest BCUT2D eigenvalue weighted by Gasteiger charge is 2.40. The number of fused-ring (bicyclic) bond motifs is 1. The van der Waals surface area contributed by atoms with E-state index >= 15 is 0 Å². The van der Waals surface area contributed by atoms with E-state index in [0.29, 0.717) is 0 Å². The normalized spacial score (nSPS) is 21.1. The second-order valence-corrected chi connectivity index (χ2v) is 9.79. The van der Waals surface area contributed by atoms with Gasteiger partial charge in [-0.1, -0.05) is 18.9 Å². The van der Waals surface area contributed by atoms with Gasteiger partial charge in [-0.25, -0.2) is 14.3 Å². The number of anilines is 2. The maximum atomic E-state index is 6.66. The number of ether oxygens (including phenoxy) is 1. The van der Waals surface area contributed by atoms with E-state index in [2.05, 4.69) is 55.5 Å². The van der Waals surface area contributed by atoms with Crippen molar-refractivity contribution in [2.45, 2.75) is 44.6 Å². The number of piperidine rings is 1. The molecule has 2 saturated heterocycles. The fourth-order valence-corrected chi connectivity index (χ4v) is 5.52. The molecule has 166 valence electrons. The summed E-state index contributed by atoms with van der Waals surface area (Å²) in [5.74, 6) is 1.95. The summed E-state index contributed by atoms with van der Waals surface area (Å²) in [5.41, 5.74) is 3.88. The Hall–Kier alpha value is -1.99. The number of hydrogen-bond acceptors (Lipinski definition) is 7. The minimum Gasteiger partial charge on any atom is -0.487 e. The van der Waals surface area contributed by atoms with E-state index in [1.165, 1.54) is 16.8 Å². The monoisotopic (exact) mass is 439 g/mol. The summed E-state index contributed by atoms with van der Waals surface area (Å²) in [7, 11) is 0. The first-order chi connectivity index (χ1) is 15.2. The molecule has 1 aromatic heterocycles. The number of rotatable bonds is 4. The summed E-state index contributed by atoms with van der Waals surface area (Å²) in [5, 5.41) is 0. The number of piperazine rings is 1. The van der Waals surface area contributed by atoms with Crippen molar-refractivity contribution in [2.24, 2.45) is 0 Å². The third-order valence-electron chi connectivity index (χ3n) is 7.14. The van der Waals surface area contributed by atoms with Gasteiger partial charge in [0.15, 0.2) is 0 Å². The molecule has 31 heavy (non-hydrogen) atoms. The van der Waals surface area contributed by atoms with E-state index in [4.69, 9.17) is 4.74 Å². The van der Waals surface area contributed by atoms with Gasteiger partial charge in [-0.2, -0.15) is 0 Å². The van der Waals surface area contributed by atoms with Crippen LogP contribution in [0.4, 0.5) is 11.6 Å². The molecule has 3 aliphatic rings. The van der Waals surface area contributed by atoms with Crippen molar-refractivity contribution < 1.29 is 4.74 Å². The quantitative estimate of drug-likeness (QED) is 0.672. The minimum atomic E-state index is -0.0294. The number of nitrogens with zero attached hydrogens (tertiary/aromatic N) is 5. The maximum absolute atomic E-state index is 6.66. The molecule has 0 bridgehead atoms. The lowest BCUT2D eigenvalue weighted by Gasteiger charge is -2.45. The smallest absolute Gasteiger partial charge is 0.225 e. The van der Waals surface area contributed by atoms with Crippen molar-refractivity contribution in [3.05, 3.63) is 41.7 Å². The largest absolute Gasteiger partial charge is 0.487 e. The average Bonchev–Trinajstić information content (AvgIpc) is 2.84. The lowest BCUT2D eigenvalue weighted by Crippen LogP contribution is -2.50. The Kier molecular flexibility index (Phi) is 5.97. The van der Waals surface area contributed by atoms with Crippen LogP contribution in [0, 0.1) is 0 Å². The molecule has 0 saturated carbocycles. The van der Waals surface area contributed by atoms with Gasteiger partial charge < -0.3 is 14.5 Å². The fourth-order valence-electron chi connectivity index (χ4n) is 4.99. The van der Waals surface area contributed by atoms with Gasteiger partial charge in [0.2, 0.25) is 5.95 Å². The Morgan fingerprint density at radius 2 is 1.71 bits per heavy atom. The molecular weight excluding hydrogens is 406 g/mol. The molecule has 2 aromatic rings. The first-order valence-electron chi connectivity index (χ1n) is 11.6. The lowest BCUT2D eigenvalue weighted by molar-refractivity contribution is 0.0223. The second-order valence-electron chi connectivity index (χ2n) is 8.91. The van der Waals surface area contributed by atoms with Crippen LogP contribution in [0.2, 0.25) is 0 Å². The van der Waals surface area contributed by atoms with E-state index in [9.17, 15) is 0 Å². The van der Waals surface area contributed by atoms with Crippen molar-refractivity contribution >= 4 is 23.6 Å². The standard InChI is InChI=1S/C24H33N5OS/c1-3-19-17-25-23(26-18-19)28-10-8-24(9-11-28)7-6-20-16-21(4-5-22(20)30-24)27-12-14-29(31-2)15-13-27/h4-5,16-18H,3,6-15H2,1-2H3. The molecule has 3 aliphatic heterocycles. The Morgan fingerprint density at radius 1 is 0.968 bits per heavy atom. The summed E-state index contributed by atoms with van der Waals surface area (Å²) in [4.78, 5) is 14.0. The number of aromatic nitrogens is 2. The van der Waals surface area contributed by atoms with Crippen LogP contribution in [0.5, 0.6) is 5.75 Å². The van der Waals surface area contributed by atoms with Crippen molar-refractivity contribution in [1.29, 1.82) is 0 Å². The average molecular weight is 440 g/mol. The molecule has 0 radical (unpaired) electrons. The topological polar surface area (TPSA) is 44.7 Å². The molecule has 5 rings (SSSR count). The summed E-state index contributed by atoms with van der Waals surface area (Å²) < 4.78 is 9.10. The van der Waals surface area contributed by atoms with Crippen LogP contribution in [-0.4, -0.2) is 65.4 Å². The van der Waals surface area contributed by atoms with Gasteiger partial charge in [0, 0.05) is 70.2 Å². The van der Waals surface area contributed by atoms with Crippen LogP contribution >= 0.6 is 11.9 Å². The number of aryl methyl sites for hydroxylation is 2. The molecular formula is C24H33N5OS. The molecule has 0 unspecified atom stereocenters. The van der Waals surface area contributed by atoms with Crippen LogP contribution in [0.15, 0.2) is 30.6 Å². The summed E-state index contributed by atoms with van der Waals surface area (Å²) >= 11 is 1.85. The van der Waals surface area contributed by atoms with Crippen LogP contribution < -0.4 is 14.5 Å². The van der Waals surface area contributed by atoms with E-state index in [-0.39, 0.29) is 5.60 Å². The molecule has 1 spiro atoms. The van der Waals surface area contributed by atoms with Crippen LogP contribution in [-0.2, 0) is 12.8 Å². The molecule has 1 aromatic carbocycles. The Morgan fingerprint density at radius 3 is 2.39 bits per heavy atom.